The number of ether oxygens (including phenoxy) is 5. The zero-order chi connectivity index (χ0) is 32.1. The number of para-hydroxylation sites is 1. The van der Waals surface area contributed by atoms with Gasteiger partial charge in [0.1, 0.15) is 40.9 Å². The summed E-state index contributed by atoms with van der Waals surface area (Å²) in [6.45, 7) is 5.61. The van der Waals surface area contributed by atoms with Gasteiger partial charge in [-0.2, -0.15) is 0 Å². The molecular formula is C39H40O7. The summed E-state index contributed by atoms with van der Waals surface area (Å²) < 4.78 is 35.4. The van der Waals surface area contributed by atoms with E-state index in [1.807, 2.05) is 66.7 Å². The van der Waals surface area contributed by atoms with Crippen molar-refractivity contribution in [1.29, 1.82) is 0 Å². The van der Waals surface area contributed by atoms with Crippen LogP contribution in [0.15, 0.2) is 108 Å². The Hall–Kier alpha value is -5.17. The lowest BCUT2D eigenvalue weighted by Gasteiger charge is -2.18. The summed E-state index contributed by atoms with van der Waals surface area (Å²) in [4.78, 5) is 12.3. The van der Waals surface area contributed by atoms with Gasteiger partial charge in [0.2, 0.25) is 0 Å². The van der Waals surface area contributed by atoms with Crippen LogP contribution in [0.2, 0.25) is 0 Å². The zero-order valence-electron chi connectivity index (χ0n) is 26.6. The second-order valence-electron chi connectivity index (χ2n) is 10.7. The number of carbonyl (C=O) groups is 1. The molecule has 0 atom stereocenters. The largest absolute Gasteiger partial charge is 0.493 e. The average molecular weight is 621 g/mol. The number of hydrogen-bond donors (Lipinski definition) is 0. The molecule has 1 aromatic heterocycles. The zero-order valence-corrected chi connectivity index (χ0v) is 26.6. The predicted octanol–water partition coefficient (Wildman–Crippen LogP) is 9.47. The van der Waals surface area contributed by atoms with Crippen LogP contribution in [0.3, 0.4) is 0 Å². The van der Waals surface area contributed by atoms with Gasteiger partial charge >= 0.3 is 5.97 Å². The molecule has 0 bridgehead atoms. The first kappa shape index (κ1) is 32.2. The maximum atomic E-state index is 12.3. The molecule has 1 heterocycles. The molecule has 0 saturated carbocycles. The smallest absolute Gasteiger partial charge is 0.341 e. The Labute approximate surface area is 270 Å². The fourth-order valence-corrected chi connectivity index (χ4v) is 5.16. The van der Waals surface area contributed by atoms with Gasteiger partial charge in [0.25, 0.3) is 0 Å². The number of rotatable bonds is 16. The lowest BCUT2D eigenvalue weighted by Crippen LogP contribution is -2.08. The van der Waals surface area contributed by atoms with E-state index < -0.39 is 5.97 Å². The van der Waals surface area contributed by atoms with Crippen LogP contribution in [0.1, 0.15) is 53.7 Å². The predicted molar refractivity (Wildman–Crippen MR) is 178 cm³/mol. The molecule has 0 aliphatic carbocycles. The quantitative estimate of drug-likeness (QED) is 0.0803. The SMILES string of the molecule is CCCc1c(OCCCOc2cc(OCc3ccccc3)c(-c3ccoc3)cc2CC)cccc1Oc1ccccc1C(=O)OC. The minimum absolute atomic E-state index is 0.369. The van der Waals surface area contributed by atoms with Gasteiger partial charge in [-0.1, -0.05) is 68.8 Å². The summed E-state index contributed by atoms with van der Waals surface area (Å²) in [6, 6.07) is 28.9. The molecule has 0 spiro atoms. The third kappa shape index (κ3) is 8.10. The van der Waals surface area contributed by atoms with Crippen LogP contribution in [0, 0.1) is 0 Å². The van der Waals surface area contributed by atoms with Gasteiger partial charge in [-0.25, -0.2) is 4.79 Å². The van der Waals surface area contributed by atoms with Crippen LogP contribution >= 0.6 is 0 Å². The number of aryl methyl sites for hydroxylation is 1. The van der Waals surface area contributed by atoms with Crippen molar-refractivity contribution in [2.24, 2.45) is 0 Å². The molecule has 0 saturated heterocycles. The maximum absolute atomic E-state index is 12.3. The standard InChI is InChI=1S/C39H40O7/c1-4-13-31-34(18-11-19-35(31)46-36-17-10-9-16-32(36)39(40)41-3)43-21-12-22-44-37-25-38(45-26-28-14-7-6-8-15-28)33(24-29(37)5-2)30-20-23-42-27-30/h6-11,14-20,23-25,27H,4-5,12-13,21-22,26H2,1-3H3. The van der Waals surface area contributed by atoms with E-state index in [2.05, 4.69) is 19.9 Å². The summed E-state index contributed by atoms with van der Waals surface area (Å²) >= 11 is 0. The van der Waals surface area contributed by atoms with Crippen molar-refractivity contribution < 1.29 is 32.9 Å². The highest BCUT2D eigenvalue weighted by molar-refractivity contribution is 5.92. The molecule has 7 heteroatoms. The van der Waals surface area contributed by atoms with Gasteiger partial charge in [0, 0.05) is 29.2 Å². The van der Waals surface area contributed by atoms with E-state index in [1.54, 1.807) is 30.7 Å². The third-order valence-electron chi connectivity index (χ3n) is 7.52. The highest BCUT2D eigenvalue weighted by Gasteiger charge is 2.17. The van der Waals surface area contributed by atoms with E-state index in [4.69, 9.17) is 28.1 Å². The van der Waals surface area contributed by atoms with E-state index >= 15 is 0 Å². The minimum atomic E-state index is -0.447. The normalized spacial score (nSPS) is 10.8. The maximum Gasteiger partial charge on any atom is 0.341 e. The van der Waals surface area contributed by atoms with Crippen molar-refractivity contribution in [1.82, 2.24) is 0 Å². The first-order valence-electron chi connectivity index (χ1n) is 15.7. The van der Waals surface area contributed by atoms with Crippen molar-refractivity contribution in [2.75, 3.05) is 20.3 Å². The Morgan fingerprint density at radius 3 is 2.22 bits per heavy atom. The molecule has 0 unspecified atom stereocenters. The lowest BCUT2D eigenvalue weighted by molar-refractivity contribution is 0.0598. The van der Waals surface area contributed by atoms with Crippen LogP contribution in [0.4, 0.5) is 0 Å². The van der Waals surface area contributed by atoms with Crippen LogP contribution < -0.4 is 18.9 Å². The Bertz CT molecular complexity index is 1690. The van der Waals surface area contributed by atoms with Crippen molar-refractivity contribution >= 4 is 5.97 Å². The topological polar surface area (TPSA) is 76.4 Å². The molecule has 0 amide bonds. The minimum Gasteiger partial charge on any atom is -0.493 e. The van der Waals surface area contributed by atoms with Gasteiger partial charge < -0.3 is 28.1 Å². The molecule has 5 aromatic rings. The number of methoxy groups -OCH3 is 1. The summed E-state index contributed by atoms with van der Waals surface area (Å²) in [7, 11) is 1.36. The molecule has 5 rings (SSSR count). The van der Waals surface area contributed by atoms with Crippen LogP contribution in [0.25, 0.3) is 11.1 Å². The van der Waals surface area contributed by atoms with Crippen molar-refractivity contribution in [3.8, 4) is 39.9 Å². The molecule has 0 fully saturated rings. The monoisotopic (exact) mass is 620 g/mol. The van der Waals surface area contributed by atoms with E-state index in [0.29, 0.717) is 43.3 Å². The molecule has 46 heavy (non-hydrogen) atoms. The number of esters is 1. The molecule has 0 radical (unpaired) electrons. The van der Waals surface area contributed by atoms with Crippen molar-refractivity contribution in [3.63, 3.8) is 0 Å². The highest BCUT2D eigenvalue weighted by atomic mass is 16.5. The molecule has 4 aromatic carbocycles. The Kier molecular flexibility index (Phi) is 11.4. The highest BCUT2D eigenvalue weighted by Crippen LogP contribution is 2.38. The average Bonchev–Trinajstić information content (AvgIpc) is 3.64. The number of benzene rings is 4. The molecule has 0 aliphatic rings. The second kappa shape index (κ2) is 16.2. The van der Waals surface area contributed by atoms with Gasteiger partial charge in [-0.05, 0) is 60.4 Å². The fourth-order valence-electron chi connectivity index (χ4n) is 5.16. The van der Waals surface area contributed by atoms with Crippen LogP contribution in [-0.2, 0) is 24.2 Å². The summed E-state index contributed by atoms with van der Waals surface area (Å²) in [5.74, 6) is 2.94. The molecule has 238 valence electrons. The van der Waals surface area contributed by atoms with Gasteiger partial charge in [0.15, 0.2) is 0 Å². The Morgan fingerprint density at radius 2 is 1.48 bits per heavy atom. The Morgan fingerprint density at radius 1 is 0.739 bits per heavy atom. The van der Waals surface area contributed by atoms with Gasteiger partial charge in [-0.3, -0.25) is 0 Å². The number of carbonyl (C=O) groups excluding carboxylic acids is 1. The van der Waals surface area contributed by atoms with E-state index in [-0.39, 0.29) is 0 Å². The molecular weight excluding hydrogens is 580 g/mol. The lowest BCUT2D eigenvalue weighted by atomic mass is 10.0. The number of furan rings is 1. The van der Waals surface area contributed by atoms with E-state index in [1.165, 1.54) is 7.11 Å². The van der Waals surface area contributed by atoms with Crippen LogP contribution in [0.5, 0.6) is 28.7 Å². The Balaban J connectivity index is 1.25. The van der Waals surface area contributed by atoms with E-state index in [9.17, 15) is 4.79 Å². The van der Waals surface area contributed by atoms with Crippen molar-refractivity contribution in [2.45, 2.75) is 46.1 Å². The summed E-state index contributed by atoms with van der Waals surface area (Å²) in [6.07, 6.45) is 6.55. The number of hydrogen-bond acceptors (Lipinski definition) is 7. The van der Waals surface area contributed by atoms with Crippen LogP contribution in [-0.4, -0.2) is 26.3 Å². The summed E-state index contributed by atoms with van der Waals surface area (Å²) in [5.41, 5.74) is 5.43. The summed E-state index contributed by atoms with van der Waals surface area (Å²) in [5, 5.41) is 0. The van der Waals surface area contributed by atoms with Gasteiger partial charge in [-0.15, -0.1) is 0 Å². The first-order chi connectivity index (χ1) is 22.6. The third-order valence-corrected chi connectivity index (χ3v) is 7.52. The molecule has 0 aliphatic heterocycles. The van der Waals surface area contributed by atoms with Gasteiger partial charge in [0.05, 0.1) is 32.8 Å². The van der Waals surface area contributed by atoms with E-state index in [0.717, 1.165) is 64.3 Å². The van der Waals surface area contributed by atoms with Crippen molar-refractivity contribution in [3.05, 3.63) is 126 Å². The second-order valence-corrected chi connectivity index (χ2v) is 10.7. The molecule has 7 nitrogen and oxygen atoms in total. The fraction of sp³-hybridized carbons (Fsp3) is 0.256. The molecule has 0 N–H and O–H groups in total. The first-order valence-corrected chi connectivity index (χ1v) is 15.7.